The highest BCUT2D eigenvalue weighted by Gasteiger charge is 2.43. The van der Waals surface area contributed by atoms with Gasteiger partial charge in [0.15, 0.2) is 9.84 Å². The Morgan fingerprint density at radius 1 is 1.13 bits per heavy atom. The van der Waals surface area contributed by atoms with Crippen molar-refractivity contribution in [2.75, 3.05) is 45.2 Å². The maximum atomic E-state index is 13.5. The highest BCUT2D eigenvalue weighted by atomic mass is 32.3. The first-order valence-corrected chi connectivity index (χ1v) is 20.8. The molecule has 0 saturated carbocycles. The SMILES string of the molecule is CCN(CC)CCNC(=O)c1c(C)[nH]c(/C=C2\C(=O)Nc3ccc(C=NS(=O)(=O)c4cc5c(s4)S(=O)(=O)[C@@H](C)C[C@@H]5N(CC)C(=O)OC)cc32)c1C. The van der Waals surface area contributed by atoms with Gasteiger partial charge in [0.05, 0.1) is 29.5 Å². The van der Waals surface area contributed by atoms with E-state index in [0.717, 1.165) is 25.8 Å². The molecule has 52 heavy (non-hydrogen) atoms. The Morgan fingerprint density at radius 2 is 1.85 bits per heavy atom. The molecule has 2 atom stereocenters. The summed E-state index contributed by atoms with van der Waals surface area (Å²) < 4.78 is 61.9. The van der Waals surface area contributed by atoms with Gasteiger partial charge in [-0.1, -0.05) is 19.9 Å². The van der Waals surface area contributed by atoms with Crippen LogP contribution in [0.15, 0.2) is 37.1 Å². The number of amides is 3. The van der Waals surface area contributed by atoms with Crippen molar-refractivity contribution in [1.82, 2.24) is 20.1 Å². The van der Waals surface area contributed by atoms with E-state index in [-0.39, 0.29) is 38.8 Å². The van der Waals surface area contributed by atoms with E-state index in [2.05, 4.69) is 38.8 Å². The summed E-state index contributed by atoms with van der Waals surface area (Å²) in [5.41, 5.74) is 4.38. The van der Waals surface area contributed by atoms with Crippen LogP contribution >= 0.6 is 11.3 Å². The summed E-state index contributed by atoms with van der Waals surface area (Å²) in [4.78, 5) is 45.5. The number of aromatic nitrogens is 1. The first kappa shape index (κ1) is 38.9. The fourth-order valence-corrected chi connectivity index (χ4v) is 11.4. The molecule has 0 spiro atoms. The van der Waals surface area contributed by atoms with Crippen LogP contribution in [0.3, 0.4) is 0 Å². The van der Waals surface area contributed by atoms with Crippen LogP contribution in [0.5, 0.6) is 0 Å². The standard InChI is InChI=1S/C35H44N6O8S3/c1-8-40(9-2)14-13-36-33(43)31-21(5)28(38-22(31)6)17-25-24-16-23(11-12-27(24)39-32(25)42)19-37-52(47,48)30-18-26-29(41(10-3)35(44)49-7)15-20(4)51(45,46)34(26)50-30/h11-12,16-20,29,38H,8-10,13-15H2,1-7H3,(H,36,43)(H,39,42)/b25-17-,37-19?/t20-,29-/m0/s1. The number of carbonyl (C=O) groups is 3. The largest absolute Gasteiger partial charge is 0.453 e. The van der Waals surface area contributed by atoms with Crippen LogP contribution in [-0.4, -0.2) is 101 Å². The van der Waals surface area contributed by atoms with E-state index in [1.54, 1.807) is 38.1 Å². The Balaban J connectivity index is 1.42. The summed E-state index contributed by atoms with van der Waals surface area (Å²) >= 11 is 0.609. The highest BCUT2D eigenvalue weighted by Crippen LogP contribution is 2.45. The minimum Gasteiger partial charge on any atom is -0.453 e. The number of nitrogens with zero attached hydrogens (tertiary/aromatic N) is 3. The van der Waals surface area contributed by atoms with Gasteiger partial charge in [-0.25, -0.2) is 13.2 Å². The number of benzene rings is 1. The van der Waals surface area contributed by atoms with E-state index < -0.39 is 37.2 Å². The summed E-state index contributed by atoms with van der Waals surface area (Å²) in [6.45, 7) is 14.2. The van der Waals surface area contributed by atoms with Gasteiger partial charge in [0, 0.05) is 54.1 Å². The number of hydrogen-bond acceptors (Lipinski definition) is 10. The molecule has 2 aliphatic rings. The molecule has 2 aromatic heterocycles. The van der Waals surface area contributed by atoms with Gasteiger partial charge in [0.2, 0.25) is 0 Å². The second kappa shape index (κ2) is 15.3. The first-order valence-electron chi connectivity index (χ1n) is 17.0. The summed E-state index contributed by atoms with van der Waals surface area (Å²) in [6, 6.07) is 5.44. The van der Waals surface area contributed by atoms with Gasteiger partial charge in [0.1, 0.15) is 8.42 Å². The average molecular weight is 773 g/mol. The van der Waals surface area contributed by atoms with E-state index in [0.29, 0.717) is 62.8 Å². The number of methoxy groups -OCH3 is 1. The summed E-state index contributed by atoms with van der Waals surface area (Å²) in [7, 11) is -6.99. The number of rotatable bonds is 12. The van der Waals surface area contributed by atoms with E-state index in [1.807, 2.05) is 6.92 Å². The third-order valence-corrected chi connectivity index (χ3v) is 15.1. The molecule has 1 aromatic carbocycles. The molecule has 0 aliphatic carbocycles. The molecule has 0 unspecified atom stereocenters. The van der Waals surface area contributed by atoms with E-state index in [9.17, 15) is 31.2 Å². The highest BCUT2D eigenvalue weighted by molar-refractivity contribution is 7.96. The van der Waals surface area contributed by atoms with Crippen molar-refractivity contribution < 1.29 is 36.0 Å². The van der Waals surface area contributed by atoms with Crippen molar-refractivity contribution in [2.45, 2.75) is 67.7 Å². The second-order valence-electron chi connectivity index (χ2n) is 12.6. The number of anilines is 1. The van der Waals surface area contributed by atoms with Gasteiger partial charge in [-0.3, -0.25) is 9.59 Å². The van der Waals surface area contributed by atoms with Crippen molar-refractivity contribution in [1.29, 1.82) is 0 Å². The third-order valence-electron chi connectivity index (χ3n) is 9.55. The molecule has 280 valence electrons. The Kier molecular flexibility index (Phi) is 11.5. The molecular formula is C35H44N6O8S3. The zero-order chi connectivity index (χ0) is 38.1. The summed E-state index contributed by atoms with van der Waals surface area (Å²) in [6.07, 6.45) is 2.24. The number of hydrogen-bond donors (Lipinski definition) is 3. The minimum atomic E-state index is -4.37. The van der Waals surface area contributed by atoms with Crippen LogP contribution in [0.1, 0.15) is 84.2 Å². The van der Waals surface area contributed by atoms with Gasteiger partial charge in [-0.15, -0.1) is 11.3 Å². The monoisotopic (exact) mass is 772 g/mol. The van der Waals surface area contributed by atoms with Gasteiger partial charge < -0.3 is 30.2 Å². The quantitative estimate of drug-likeness (QED) is 0.172. The van der Waals surface area contributed by atoms with Crippen LogP contribution in [0, 0.1) is 13.8 Å². The number of thiophene rings is 1. The lowest BCUT2D eigenvalue weighted by molar-refractivity contribution is -0.110. The molecule has 5 rings (SSSR count). The van der Waals surface area contributed by atoms with Gasteiger partial charge in [-0.05, 0) is 82.6 Å². The fourth-order valence-electron chi connectivity index (χ4n) is 6.56. The van der Waals surface area contributed by atoms with Crippen LogP contribution < -0.4 is 10.6 Å². The second-order valence-corrected chi connectivity index (χ2v) is 18.1. The molecule has 0 radical (unpaired) electrons. The average Bonchev–Trinajstić information content (AvgIpc) is 3.78. The molecular weight excluding hydrogens is 729 g/mol. The molecule has 0 fully saturated rings. The Morgan fingerprint density at radius 3 is 2.50 bits per heavy atom. The van der Waals surface area contributed by atoms with E-state index in [4.69, 9.17) is 4.74 Å². The predicted molar refractivity (Wildman–Crippen MR) is 201 cm³/mol. The smallest absolute Gasteiger partial charge is 0.409 e. The summed E-state index contributed by atoms with van der Waals surface area (Å²) in [5, 5.41) is 4.94. The molecule has 14 nitrogen and oxygen atoms in total. The van der Waals surface area contributed by atoms with Crippen LogP contribution in [0.4, 0.5) is 10.5 Å². The van der Waals surface area contributed by atoms with E-state index >= 15 is 0 Å². The third kappa shape index (κ3) is 7.44. The molecule has 17 heteroatoms. The Labute approximate surface area is 308 Å². The van der Waals surface area contributed by atoms with Crippen molar-refractivity contribution >= 4 is 72.7 Å². The number of likely N-dealkylation sites (N-methyl/N-ethyl adjacent to an activating group) is 1. The lowest BCUT2D eigenvalue weighted by Gasteiger charge is -2.34. The normalized spacial score (nSPS) is 18.8. The predicted octanol–water partition coefficient (Wildman–Crippen LogP) is 4.76. The number of fused-ring (bicyclic) bond motifs is 2. The molecule has 2 aliphatic heterocycles. The van der Waals surface area contributed by atoms with Crippen molar-refractivity contribution in [2.24, 2.45) is 4.40 Å². The first-order chi connectivity index (χ1) is 24.6. The number of ether oxygens (including phenoxy) is 1. The van der Waals surface area contributed by atoms with Crippen LogP contribution in [0.25, 0.3) is 11.6 Å². The molecule has 0 saturated heterocycles. The Bertz CT molecular complexity index is 2180. The lowest BCUT2D eigenvalue weighted by Crippen LogP contribution is -2.40. The van der Waals surface area contributed by atoms with Crippen molar-refractivity contribution in [3.8, 4) is 0 Å². The number of sulfonamides is 1. The maximum absolute atomic E-state index is 13.5. The topological polar surface area (TPSA) is 187 Å². The van der Waals surface area contributed by atoms with E-state index in [1.165, 1.54) is 25.0 Å². The minimum absolute atomic E-state index is 0.0858. The number of aromatic amines is 1. The molecule has 0 bridgehead atoms. The number of sulfone groups is 1. The molecule has 3 aromatic rings. The number of carbonyl (C=O) groups excluding carboxylic acids is 3. The fraction of sp³-hybridized carbons (Fsp3) is 0.429. The molecule has 3 N–H and O–H groups in total. The van der Waals surface area contributed by atoms with Crippen molar-refractivity contribution in [3.63, 3.8) is 0 Å². The number of H-pyrrole nitrogens is 1. The maximum Gasteiger partial charge on any atom is 0.409 e. The summed E-state index contributed by atoms with van der Waals surface area (Å²) in [5.74, 6) is -0.574. The zero-order valence-corrected chi connectivity index (χ0v) is 32.6. The van der Waals surface area contributed by atoms with Gasteiger partial charge in [-0.2, -0.15) is 12.8 Å². The van der Waals surface area contributed by atoms with Gasteiger partial charge in [0.25, 0.3) is 21.8 Å². The molecule has 3 amide bonds. The van der Waals surface area contributed by atoms with Crippen LogP contribution in [-0.2, 0) is 29.4 Å². The number of aryl methyl sites for hydroxylation is 1. The Hall–Kier alpha value is -4.32. The van der Waals surface area contributed by atoms with Gasteiger partial charge >= 0.3 is 6.09 Å². The molecule has 4 heterocycles. The zero-order valence-electron chi connectivity index (χ0n) is 30.2. The van der Waals surface area contributed by atoms with Crippen molar-refractivity contribution in [3.05, 3.63) is 63.5 Å². The van der Waals surface area contributed by atoms with Crippen LogP contribution in [0.2, 0.25) is 0 Å². The lowest BCUT2D eigenvalue weighted by atomic mass is 10.0. The number of nitrogens with one attached hydrogen (secondary N) is 3.